The van der Waals surface area contributed by atoms with Gasteiger partial charge in [-0.2, -0.15) is 0 Å². The second-order valence-corrected chi connectivity index (χ2v) is 3.53. The molecule has 2 rings (SSSR count). The van der Waals surface area contributed by atoms with Gasteiger partial charge in [-0.1, -0.05) is 0 Å². The van der Waals surface area contributed by atoms with Gasteiger partial charge in [0.05, 0.1) is 0 Å². The van der Waals surface area contributed by atoms with E-state index in [1.54, 1.807) is 0 Å². The number of nitrogens with zero attached hydrogens (tertiary/aromatic N) is 2. The fourth-order valence-corrected chi connectivity index (χ4v) is 2.00. The zero-order valence-electron chi connectivity index (χ0n) is 7.60. The summed E-state index contributed by atoms with van der Waals surface area (Å²) < 4.78 is 0. The average Bonchev–Trinajstić information content (AvgIpc) is 2.57. The Morgan fingerprint density at radius 3 is 2.79 bits per heavy atom. The third kappa shape index (κ3) is 1.23. The number of carbonyl (C=O) groups is 3. The van der Waals surface area contributed by atoms with Crippen molar-refractivity contribution in [2.75, 3.05) is 13.1 Å². The first-order chi connectivity index (χ1) is 6.59. The van der Waals surface area contributed by atoms with Crippen molar-refractivity contribution in [3.63, 3.8) is 0 Å². The quantitative estimate of drug-likeness (QED) is 0.570. The summed E-state index contributed by atoms with van der Waals surface area (Å²) in [6.07, 6.45) is 0.827. The first-order valence-electron chi connectivity index (χ1n) is 4.47. The maximum atomic E-state index is 11.4. The molecule has 0 saturated carbocycles. The molecule has 14 heavy (non-hydrogen) atoms. The second-order valence-electron chi connectivity index (χ2n) is 3.53. The Kier molecular flexibility index (Phi) is 1.90. The van der Waals surface area contributed by atoms with Crippen molar-refractivity contribution >= 4 is 17.7 Å². The standard InChI is InChI=1S/C8H11N3O3/c9-5(12)3-10-6-1-2-7(13)11(6)4-8(10)14/h6H,1-4H2,(H2,9,12)/t6-/m1/s1. The van der Waals surface area contributed by atoms with Crippen LogP contribution in [0.5, 0.6) is 0 Å². The van der Waals surface area contributed by atoms with E-state index < -0.39 is 5.91 Å². The van der Waals surface area contributed by atoms with E-state index in [0.29, 0.717) is 12.8 Å². The van der Waals surface area contributed by atoms with Gasteiger partial charge in [-0.3, -0.25) is 14.4 Å². The van der Waals surface area contributed by atoms with Gasteiger partial charge in [-0.05, 0) is 6.42 Å². The molecule has 0 spiro atoms. The highest BCUT2D eigenvalue weighted by Gasteiger charge is 2.44. The number of fused-ring (bicyclic) bond motifs is 1. The molecule has 0 aromatic rings. The van der Waals surface area contributed by atoms with Crippen molar-refractivity contribution in [1.29, 1.82) is 0 Å². The van der Waals surface area contributed by atoms with Crippen molar-refractivity contribution in [1.82, 2.24) is 9.80 Å². The lowest BCUT2D eigenvalue weighted by molar-refractivity contribution is -0.132. The van der Waals surface area contributed by atoms with Gasteiger partial charge in [0.25, 0.3) is 0 Å². The molecule has 76 valence electrons. The van der Waals surface area contributed by atoms with Gasteiger partial charge in [-0.15, -0.1) is 0 Å². The lowest BCUT2D eigenvalue weighted by Crippen LogP contribution is -2.41. The van der Waals surface area contributed by atoms with Crippen LogP contribution < -0.4 is 5.73 Å². The number of carbonyl (C=O) groups excluding carboxylic acids is 3. The molecular formula is C8H11N3O3. The SMILES string of the molecule is NC(=O)CN1C(=O)CN2C(=O)CC[C@H]12. The fourth-order valence-electron chi connectivity index (χ4n) is 2.00. The van der Waals surface area contributed by atoms with E-state index in [9.17, 15) is 14.4 Å². The van der Waals surface area contributed by atoms with Crippen molar-refractivity contribution in [2.45, 2.75) is 19.0 Å². The van der Waals surface area contributed by atoms with E-state index in [4.69, 9.17) is 5.73 Å². The van der Waals surface area contributed by atoms with Gasteiger partial charge in [0.15, 0.2) is 0 Å². The van der Waals surface area contributed by atoms with E-state index in [1.807, 2.05) is 0 Å². The first-order valence-corrected chi connectivity index (χ1v) is 4.47. The molecule has 0 aromatic heterocycles. The fraction of sp³-hybridized carbons (Fsp3) is 0.625. The van der Waals surface area contributed by atoms with Crippen LogP contribution in [0.2, 0.25) is 0 Å². The number of amides is 3. The van der Waals surface area contributed by atoms with Gasteiger partial charge >= 0.3 is 0 Å². The maximum Gasteiger partial charge on any atom is 0.244 e. The normalized spacial score (nSPS) is 25.9. The molecule has 0 aromatic carbocycles. The second kappa shape index (κ2) is 2.97. The summed E-state index contributed by atoms with van der Waals surface area (Å²) in [7, 11) is 0. The number of nitrogens with two attached hydrogens (primary N) is 1. The van der Waals surface area contributed by atoms with Crippen LogP contribution in [0.4, 0.5) is 0 Å². The lowest BCUT2D eigenvalue weighted by atomic mass is 10.3. The highest BCUT2D eigenvalue weighted by Crippen LogP contribution is 2.26. The minimum Gasteiger partial charge on any atom is -0.368 e. The molecule has 6 nitrogen and oxygen atoms in total. The van der Waals surface area contributed by atoms with Crippen molar-refractivity contribution < 1.29 is 14.4 Å². The molecule has 2 aliphatic heterocycles. The van der Waals surface area contributed by atoms with Crippen LogP contribution in [0.1, 0.15) is 12.8 Å². The summed E-state index contributed by atoms with van der Waals surface area (Å²) in [5, 5.41) is 0. The molecule has 2 heterocycles. The molecular weight excluding hydrogens is 186 g/mol. The summed E-state index contributed by atoms with van der Waals surface area (Å²) in [4.78, 5) is 36.2. The van der Waals surface area contributed by atoms with Crippen LogP contribution in [-0.4, -0.2) is 46.8 Å². The molecule has 2 saturated heterocycles. The summed E-state index contributed by atoms with van der Waals surface area (Å²) in [6, 6.07) is 0. The molecule has 1 atom stereocenters. The predicted octanol–water partition coefficient (Wildman–Crippen LogP) is -1.74. The zero-order valence-corrected chi connectivity index (χ0v) is 7.60. The Hall–Kier alpha value is -1.59. The Labute approximate surface area is 80.6 Å². The Morgan fingerprint density at radius 1 is 1.43 bits per heavy atom. The van der Waals surface area contributed by atoms with Crippen molar-refractivity contribution in [3.05, 3.63) is 0 Å². The molecule has 6 heteroatoms. The third-order valence-corrected chi connectivity index (χ3v) is 2.61. The van der Waals surface area contributed by atoms with Gasteiger partial charge in [-0.25, -0.2) is 0 Å². The summed E-state index contributed by atoms with van der Waals surface area (Å²) in [5.74, 6) is -0.753. The van der Waals surface area contributed by atoms with E-state index in [1.165, 1.54) is 9.80 Å². The van der Waals surface area contributed by atoms with E-state index >= 15 is 0 Å². The van der Waals surface area contributed by atoms with Crippen LogP contribution in [0, 0.1) is 0 Å². The smallest absolute Gasteiger partial charge is 0.244 e. The van der Waals surface area contributed by atoms with E-state index in [0.717, 1.165) is 0 Å². The lowest BCUT2D eigenvalue weighted by Gasteiger charge is -2.22. The highest BCUT2D eigenvalue weighted by molar-refractivity contribution is 5.92. The van der Waals surface area contributed by atoms with Crippen LogP contribution in [0.3, 0.4) is 0 Å². The minimum atomic E-state index is -0.542. The highest BCUT2D eigenvalue weighted by atomic mass is 16.2. The molecule has 0 unspecified atom stereocenters. The molecule has 0 radical (unpaired) electrons. The van der Waals surface area contributed by atoms with Crippen molar-refractivity contribution in [2.24, 2.45) is 5.73 Å². The zero-order chi connectivity index (χ0) is 10.3. The third-order valence-electron chi connectivity index (χ3n) is 2.61. The molecule has 3 amide bonds. The molecule has 2 N–H and O–H groups in total. The van der Waals surface area contributed by atoms with Crippen LogP contribution in [0.15, 0.2) is 0 Å². The van der Waals surface area contributed by atoms with E-state index in [-0.39, 0.29) is 31.1 Å². The molecule has 2 aliphatic rings. The Morgan fingerprint density at radius 2 is 2.14 bits per heavy atom. The van der Waals surface area contributed by atoms with Gasteiger partial charge in [0, 0.05) is 6.42 Å². The number of hydrogen-bond donors (Lipinski definition) is 1. The predicted molar refractivity (Wildman–Crippen MR) is 45.6 cm³/mol. The number of primary amides is 1. The van der Waals surface area contributed by atoms with Crippen LogP contribution in [-0.2, 0) is 14.4 Å². The molecule has 2 fully saturated rings. The van der Waals surface area contributed by atoms with Gasteiger partial charge in [0.1, 0.15) is 19.3 Å². The van der Waals surface area contributed by atoms with E-state index in [2.05, 4.69) is 0 Å². The van der Waals surface area contributed by atoms with Crippen LogP contribution in [0.25, 0.3) is 0 Å². The van der Waals surface area contributed by atoms with Gasteiger partial charge < -0.3 is 15.5 Å². The Balaban J connectivity index is 2.14. The summed E-state index contributed by atoms with van der Waals surface area (Å²) in [6.45, 7) is 0.00403. The van der Waals surface area contributed by atoms with Crippen LogP contribution >= 0.6 is 0 Å². The largest absolute Gasteiger partial charge is 0.368 e. The summed E-state index contributed by atoms with van der Waals surface area (Å²) >= 11 is 0. The molecule has 0 aliphatic carbocycles. The monoisotopic (exact) mass is 197 g/mol. The van der Waals surface area contributed by atoms with Gasteiger partial charge in [0.2, 0.25) is 17.7 Å². The van der Waals surface area contributed by atoms with Crippen molar-refractivity contribution in [3.8, 4) is 0 Å². The molecule has 0 bridgehead atoms. The topological polar surface area (TPSA) is 83.7 Å². The number of hydrogen-bond acceptors (Lipinski definition) is 3. The maximum absolute atomic E-state index is 11.4. The summed E-state index contributed by atoms with van der Waals surface area (Å²) in [5.41, 5.74) is 5.02. The number of rotatable bonds is 2. The average molecular weight is 197 g/mol. The Bertz CT molecular complexity index is 315. The first kappa shape index (κ1) is 8.98. The minimum absolute atomic E-state index is 0.0182.